The van der Waals surface area contributed by atoms with Crippen molar-refractivity contribution >= 4 is 28.2 Å². The standard InChI is InChI=1S/2C15H14N2O.CH2O3.2Cs/c2*1-10-6-5-7-11(2)14(10)18-15-16-12-8-3-4-9-13(12)17-15;2-1(3)4;;/h2*3-9H,1-2H3,(H,16,17);(H2,2,3,4);;/q;;;2*+1/p-2. The van der Waals surface area contributed by atoms with Crippen LogP contribution in [0.1, 0.15) is 22.3 Å². The van der Waals surface area contributed by atoms with E-state index in [9.17, 15) is 0 Å². The number of hydrogen-bond acceptors (Lipinski definition) is 7. The molecule has 2 heterocycles. The number of hydrogen-bond donors (Lipinski definition) is 2. The number of aryl methyl sites for hydroxylation is 4. The Hall–Kier alpha value is -1.21. The minimum Gasteiger partial charge on any atom is -0.652 e. The summed E-state index contributed by atoms with van der Waals surface area (Å²) in [7, 11) is 0. The molecule has 6 rings (SSSR count). The van der Waals surface area contributed by atoms with Crippen LogP contribution in [0, 0.1) is 27.7 Å². The van der Waals surface area contributed by atoms with Gasteiger partial charge in [-0.3, -0.25) is 0 Å². The summed E-state index contributed by atoms with van der Waals surface area (Å²) in [6.07, 6.45) is -2.33. The van der Waals surface area contributed by atoms with Gasteiger partial charge in [0, 0.05) is 0 Å². The zero-order valence-electron chi connectivity index (χ0n) is 24.5. The van der Waals surface area contributed by atoms with Gasteiger partial charge in [-0.2, -0.15) is 9.97 Å². The molecule has 0 fully saturated rings. The van der Waals surface area contributed by atoms with E-state index in [0.717, 1.165) is 55.8 Å². The quantitative estimate of drug-likeness (QED) is 0.246. The van der Waals surface area contributed by atoms with Crippen molar-refractivity contribution in [2.24, 2.45) is 0 Å². The van der Waals surface area contributed by atoms with Crippen molar-refractivity contribution in [3.63, 3.8) is 0 Å². The van der Waals surface area contributed by atoms with Gasteiger partial charge in [0.15, 0.2) is 0 Å². The number of carboxylic acid groups (broad SMARTS) is 2. The molecule has 0 aliphatic heterocycles. The van der Waals surface area contributed by atoms with E-state index in [1.54, 1.807) is 0 Å². The van der Waals surface area contributed by atoms with Crippen LogP contribution in [0.3, 0.4) is 0 Å². The van der Waals surface area contributed by atoms with E-state index < -0.39 is 6.16 Å². The number of aromatic nitrogens is 4. The van der Waals surface area contributed by atoms with E-state index in [-0.39, 0.29) is 138 Å². The van der Waals surface area contributed by atoms with E-state index in [0.29, 0.717) is 12.0 Å². The SMILES string of the molecule is Cc1cccc(C)c1Oc1nc2ccccc2[nH]1.Cc1cccc(C)c1Oc1nc2ccccc2[nH]1.O=C([O-])[O-].[Cs+].[Cs+]. The number of nitrogens with one attached hydrogen (secondary N) is 2. The first-order chi connectivity index (χ1) is 19.2. The Bertz CT molecular complexity index is 1530. The minimum atomic E-state index is -2.33. The molecular formula is C31H28Cs2N4O5. The number of carbonyl (C=O) groups excluding carboxylic acids is 1. The Morgan fingerprint density at radius 3 is 1.19 bits per heavy atom. The maximum Gasteiger partial charge on any atom is 1.00 e. The number of imidazole rings is 2. The van der Waals surface area contributed by atoms with Crippen LogP contribution in [0.5, 0.6) is 23.5 Å². The van der Waals surface area contributed by atoms with Crippen LogP contribution >= 0.6 is 0 Å². The third-order valence-electron chi connectivity index (χ3n) is 5.95. The number of ether oxygens (including phenoxy) is 2. The van der Waals surface area contributed by atoms with Crippen molar-refractivity contribution in [2.45, 2.75) is 27.7 Å². The summed E-state index contributed by atoms with van der Waals surface area (Å²) in [5.41, 5.74) is 8.23. The third kappa shape index (κ3) is 10.5. The molecular weight excluding hydrogens is 774 g/mol. The normalized spacial score (nSPS) is 9.81. The van der Waals surface area contributed by atoms with Gasteiger partial charge in [0.25, 0.3) is 12.0 Å². The van der Waals surface area contributed by atoms with E-state index >= 15 is 0 Å². The molecule has 2 N–H and O–H groups in total. The van der Waals surface area contributed by atoms with E-state index in [1.165, 1.54) is 0 Å². The number of para-hydroxylation sites is 6. The maximum absolute atomic E-state index is 8.33. The third-order valence-corrected chi connectivity index (χ3v) is 5.95. The zero-order valence-corrected chi connectivity index (χ0v) is 37.1. The molecule has 0 bridgehead atoms. The van der Waals surface area contributed by atoms with Crippen LogP contribution in [0.4, 0.5) is 4.79 Å². The van der Waals surface area contributed by atoms with Crippen molar-refractivity contribution in [2.75, 3.05) is 0 Å². The first-order valence-corrected chi connectivity index (χ1v) is 12.5. The fourth-order valence-corrected chi connectivity index (χ4v) is 4.07. The van der Waals surface area contributed by atoms with E-state index in [1.807, 2.05) is 113 Å². The van der Waals surface area contributed by atoms with Gasteiger partial charge < -0.3 is 34.4 Å². The number of fused-ring (bicyclic) bond motifs is 2. The fraction of sp³-hybridized carbons (Fsp3) is 0.129. The van der Waals surface area contributed by atoms with Crippen LogP contribution in [-0.4, -0.2) is 26.1 Å². The van der Waals surface area contributed by atoms with E-state index in [2.05, 4.69) is 19.9 Å². The van der Waals surface area contributed by atoms with E-state index in [4.69, 9.17) is 24.5 Å². The molecule has 9 nitrogen and oxygen atoms in total. The molecule has 4 aromatic carbocycles. The molecule has 6 aromatic rings. The average molecular weight is 802 g/mol. The number of H-pyrrole nitrogens is 2. The molecule has 0 aliphatic rings. The van der Waals surface area contributed by atoms with Gasteiger partial charge in [-0.25, -0.2) is 0 Å². The molecule has 11 heteroatoms. The van der Waals surface area contributed by atoms with Crippen molar-refractivity contribution < 1.29 is 162 Å². The predicted octanol–water partition coefficient (Wildman–Crippen LogP) is -0.495. The molecule has 2 aromatic heterocycles. The predicted molar refractivity (Wildman–Crippen MR) is 150 cm³/mol. The maximum atomic E-state index is 8.33. The van der Waals surface area contributed by atoms with Crippen LogP contribution in [0.25, 0.3) is 22.1 Å². The molecule has 0 saturated heterocycles. The van der Waals surface area contributed by atoms with Crippen molar-refractivity contribution in [1.29, 1.82) is 0 Å². The summed E-state index contributed by atoms with van der Waals surface area (Å²) >= 11 is 0. The summed E-state index contributed by atoms with van der Waals surface area (Å²) < 4.78 is 11.7. The smallest absolute Gasteiger partial charge is 0.652 e. The van der Waals surface area contributed by atoms with Crippen molar-refractivity contribution in [3.8, 4) is 23.5 Å². The second kappa shape index (κ2) is 17.9. The molecule has 0 saturated carbocycles. The Labute approximate surface area is 361 Å². The molecule has 0 aliphatic carbocycles. The topological polar surface area (TPSA) is 139 Å². The summed E-state index contributed by atoms with van der Waals surface area (Å²) in [5, 5.41) is 16.7. The number of nitrogens with zero attached hydrogens (tertiary/aromatic N) is 2. The molecule has 0 amide bonds. The minimum absolute atomic E-state index is 0. The fourth-order valence-electron chi connectivity index (χ4n) is 4.07. The van der Waals surface area contributed by atoms with Crippen LogP contribution in [0.15, 0.2) is 84.9 Å². The molecule has 0 unspecified atom stereocenters. The summed E-state index contributed by atoms with van der Waals surface area (Å²) in [4.78, 5) is 23.5. The second-order valence-corrected chi connectivity index (χ2v) is 9.01. The molecule has 204 valence electrons. The Morgan fingerprint density at radius 1 is 0.571 bits per heavy atom. The Balaban J connectivity index is 0.000000250. The second-order valence-electron chi connectivity index (χ2n) is 9.01. The Morgan fingerprint density at radius 2 is 0.881 bits per heavy atom. The van der Waals surface area contributed by atoms with Gasteiger partial charge in [-0.05, 0) is 80.4 Å². The number of benzene rings is 4. The average Bonchev–Trinajstić information content (AvgIpc) is 3.52. The van der Waals surface area contributed by atoms with Gasteiger partial charge in [0.2, 0.25) is 0 Å². The van der Waals surface area contributed by atoms with Crippen molar-refractivity contribution in [3.05, 3.63) is 107 Å². The van der Waals surface area contributed by atoms with Gasteiger partial charge >= 0.3 is 138 Å². The molecule has 0 atom stereocenters. The molecule has 0 spiro atoms. The number of aromatic amines is 2. The number of carbonyl (C=O) groups is 1. The van der Waals surface area contributed by atoms with Gasteiger partial charge in [-0.15, -0.1) is 0 Å². The first-order valence-electron chi connectivity index (χ1n) is 12.5. The van der Waals surface area contributed by atoms with Gasteiger partial charge in [-0.1, -0.05) is 60.7 Å². The summed E-state index contributed by atoms with van der Waals surface area (Å²) in [6.45, 7) is 8.13. The summed E-state index contributed by atoms with van der Waals surface area (Å²) in [6, 6.07) is 29.0. The zero-order chi connectivity index (χ0) is 28.6. The van der Waals surface area contributed by atoms with Gasteiger partial charge in [0.05, 0.1) is 22.1 Å². The Kier molecular flexibility index (Phi) is 15.8. The van der Waals surface area contributed by atoms with Crippen LogP contribution in [-0.2, 0) is 0 Å². The first kappa shape index (κ1) is 37.0. The largest absolute Gasteiger partial charge is 1.00 e. The van der Waals surface area contributed by atoms with Crippen molar-refractivity contribution in [1.82, 2.24) is 19.9 Å². The van der Waals surface area contributed by atoms with Crippen LogP contribution < -0.4 is 157 Å². The van der Waals surface area contributed by atoms with Gasteiger partial charge in [0.1, 0.15) is 11.5 Å². The monoisotopic (exact) mass is 802 g/mol. The molecule has 42 heavy (non-hydrogen) atoms. The van der Waals surface area contributed by atoms with Crippen LogP contribution in [0.2, 0.25) is 0 Å². The summed E-state index contributed by atoms with van der Waals surface area (Å²) in [5.74, 6) is 1.74. The molecule has 0 radical (unpaired) electrons. The number of rotatable bonds is 4.